The molecule has 146 valence electrons. The number of esters is 1. The van der Waals surface area contributed by atoms with Gasteiger partial charge in [-0.1, -0.05) is 37.3 Å². The van der Waals surface area contributed by atoms with Crippen LogP contribution in [0.3, 0.4) is 0 Å². The van der Waals surface area contributed by atoms with Crippen LogP contribution >= 0.6 is 0 Å². The summed E-state index contributed by atoms with van der Waals surface area (Å²) in [6, 6.07) is 7.77. The minimum atomic E-state index is -5.02. The number of benzene rings is 1. The Hall–Kier alpha value is -1.68. The zero-order valence-electron chi connectivity index (χ0n) is 14.5. The van der Waals surface area contributed by atoms with Crippen molar-refractivity contribution in [2.45, 2.75) is 31.4 Å². The molecule has 0 radical (unpaired) electrons. The van der Waals surface area contributed by atoms with E-state index in [-0.39, 0.29) is 38.5 Å². The summed E-state index contributed by atoms with van der Waals surface area (Å²) in [7, 11) is 0. The highest BCUT2D eigenvalue weighted by Gasteiger charge is 2.66. The van der Waals surface area contributed by atoms with Crippen molar-refractivity contribution in [3.63, 3.8) is 0 Å². The molecule has 1 saturated heterocycles. The first-order valence-electron chi connectivity index (χ1n) is 8.40. The topological polar surface area (TPSA) is 71.0 Å². The van der Waals surface area contributed by atoms with E-state index in [1.807, 2.05) is 0 Å². The van der Waals surface area contributed by atoms with Crippen LogP contribution in [0.5, 0.6) is 0 Å². The number of ether oxygens (including phenoxy) is 2. The summed E-state index contributed by atoms with van der Waals surface area (Å²) < 4.78 is 52.4. The molecule has 1 aliphatic heterocycles. The van der Waals surface area contributed by atoms with Gasteiger partial charge in [-0.05, 0) is 12.0 Å². The fourth-order valence-electron chi connectivity index (χ4n) is 2.77. The maximum absolute atomic E-state index is 14.2. The quantitative estimate of drug-likeness (QED) is 0.559. The highest BCUT2D eigenvalue weighted by Crippen LogP contribution is 2.37. The van der Waals surface area contributed by atoms with E-state index in [1.54, 1.807) is 25.1 Å². The Kier molecular flexibility index (Phi) is 6.99. The highest BCUT2D eigenvalue weighted by atomic mass is 19.4. The predicted molar refractivity (Wildman–Crippen MR) is 87.0 cm³/mol. The fraction of sp³-hybridized carbons (Fsp3) is 0.588. The monoisotopic (exact) mass is 376 g/mol. The van der Waals surface area contributed by atoms with E-state index in [1.165, 1.54) is 12.1 Å². The smallest absolute Gasteiger partial charge is 0.431 e. The highest BCUT2D eigenvalue weighted by molar-refractivity contribution is 5.81. The van der Waals surface area contributed by atoms with Gasteiger partial charge in [-0.15, -0.1) is 0 Å². The molecule has 1 aromatic rings. The molecule has 9 heteroatoms. The molecule has 0 aliphatic carbocycles. The van der Waals surface area contributed by atoms with Crippen molar-refractivity contribution in [1.82, 2.24) is 10.2 Å². The number of hydrogen-bond acceptors (Lipinski definition) is 6. The molecule has 26 heavy (non-hydrogen) atoms. The Labute approximate surface area is 149 Å². The number of aliphatic hydroxyl groups excluding tert-OH is 1. The van der Waals surface area contributed by atoms with Crippen molar-refractivity contribution in [3.8, 4) is 0 Å². The van der Waals surface area contributed by atoms with Gasteiger partial charge in [0.25, 0.3) is 5.66 Å². The number of aliphatic hydroxyl groups is 1. The molecule has 2 N–H and O–H groups in total. The number of nitrogens with zero attached hydrogens (tertiary/aromatic N) is 1. The number of rotatable bonds is 7. The van der Waals surface area contributed by atoms with Crippen LogP contribution in [-0.4, -0.2) is 60.7 Å². The third kappa shape index (κ3) is 4.35. The Morgan fingerprint density at radius 2 is 1.92 bits per heavy atom. The van der Waals surface area contributed by atoms with E-state index in [9.17, 15) is 23.1 Å². The maximum Gasteiger partial charge on any atom is 0.431 e. The number of halogens is 3. The SMILES string of the molecule is CCCOC(=O)C(NC(O)c1ccccc1)(N1CCOCC1)C(F)(F)F. The average Bonchev–Trinajstić information content (AvgIpc) is 2.64. The van der Waals surface area contributed by atoms with Crippen LogP contribution in [0.1, 0.15) is 25.1 Å². The molecule has 2 atom stereocenters. The van der Waals surface area contributed by atoms with Gasteiger partial charge in [0.15, 0.2) is 0 Å². The van der Waals surface area contributed by atoms with Gasteiger partial charge in [-0.2, -0.15) is 13.2 Å². The zero-order chi connectivity index (χ0) is 19.2. The lowest BCUT2D eigenvalue weighted by Crippen LogP contribution is -2.74. The third-order valence-corrected chi connectivity index (χ3v) is 4.09. The second kappa shape index (κ2) is 8.81. The zero-order valence-corrected chi connectivity index (χ0v) is 14.5. The van der Waals surface area contributed by atoms with Gasteiger partial charge >= 0.3 is 12.1 Å². The summed E-state index contributed by atoms with van der Waals surface area (Å²) in [5.74, 6) is -1.48. The molecular weight excluding hydrogens is 353 g/mol. The first-order chi connectivity index (χ1) is 12.3. The van der Waals surface area contributed by atoms with Crippen LogP contribution in [0.15, 0.2) is 30.3 Å². The minimum absolute atomic E-state index is 0.0437. The number of alkyl halides is 3. The molecule has 0 amide bonds. The van der Waals surface area contributed by atoms with Crippen molar-refractivity contribution in [2.75, 3.05) is 32.9 Å². The van der Waals surface area contributed by atoms with Crippen molar-refractivity contribution in [1.29, 1.82) is 0 Å². The molecule has 0 saturated carbocycles. The van der Waals surface area contributed by atoms with Gasteiger partial charge in [-0.25, -0.2) is 4.79 Å². The molecule has 2 rings (SSSR count). The van der Waals surface area contributed by atoms with E-state index in [4.69, 9.17) is 9.47 Å². The standard InChI is InChI=1S/C17H23F3N2O4/c1-2-10-26-15(24)16(17(18,19)20,22-8-11-25-12-9-22)21-14(23)13-6-4-3-5-7-13/h3-7,14,21,23H,2,8-12H2,1H3. The van der Waals surface area contributed by atoms with Gasteiger partial charge in [0.2, 0.25) is 0 Å². The lowest BCUT2D eigenvalue weighted by molar-refractivity contribution is -0.264. The largest absolute Gasteiger partial charge is 0.463 e. The van der Waals surface area contributed by atoms with Gasteiger partial charge in [-0.3, -0.25) is 10.2 Å². The molecule has 0 spiro atoms. The second-order valence-electron chi connectivity index (χ2n) is 5.90. The van der Waals surface area contributed by atoms with Crippen molar-refractivity contribution in [2.24, 2.45) is 0 Å². The first-order valence-corrected chi connectivity index (χ1v) is 8.40. The van der Waals surface area contributed by atoms with Crippen LogP contribution in [0.4, 0.5) is 13.2 Å². The van der Waals surface area contributed by atoms with Crippen LogP contribution in [0, 0.1) is 0 Å². The number of hydrogen-bond donors (Lipinski definition) is 2. The van der Waals surface area contributed by atoms with E-state index in [2.05, 4.69) is 5.32 Å². The molecule has 1 aliphatic rings. The van der Waals surface area contributed by atoms with Crippen LogP contribution < -0.4 is 5.32 Å². The van der Waals surface area contributed by atoms with Crippen LogP contribution in [-0.2, 0) is 14.3 Å². The molecule has 1 aromatic carbocycles. The predicted octanol–water partition coefficient (Wildman–Crippen LogP) is 1.81. The summed E-state index contributed by atoms with van der Waals surface area (Å²) in [5, 5.41) is 12.4. The minimum Gasteiger partial charge on any atom is -0.463 e. The molecule has 2 unspecified atom stereocenters. The Bertz CT molecular complexity index is 579. The van der Waals surface area contributed by atoms with Crippen LogP contribution in [0.2, 0.25) is 0 Å². The van der Waals surface area contributed by atoms with Gasteiger partial charge in [0.1, 0.15) is 6.23 Å². The number of carbonyl (C=O) groups excluding carboxylic acids is 1. The fourth-order valence-corrected chi connectivity index (χ4v) is 2.77. The molecule has 0 aromatic heterocycles. The van der Waals surface area contributed by atoms with Crippen molar-refractivity contribution >= 4 is 5.97 Å². The molecular formula is C17H23F3N2O4. The van der Waals surface area contributed by atoms with Crippen LogP contribution in [0.25, 0.3) is 0 Å². The Morgan fingerprint density at radius 1 is 1.31 bits per heavy atom. The average molecular weight is 376 g/mol. The summed E-state index contributed by atoms with van der Waals surface area (Å²) in [6.45, 7) is 1.36. The molecule has 1 fully saturated rings. The molecule has 0 bridgehead atoms. The Morgan fingerprint density at radius 3 is 2.46 bits per heavy atom. The normalized spacial score (nSPS) is 19.6. The van der Waals surface area contributed by atoms with Crippen molar-refractivity contribution < 1.29 is 32.5 Å². The van der Waals surface area contributed by atoms with Gasteiger partial charge < -0.3 is 14.6 Å². The summed E-state index contributed by atoms with van der Waals surface area (Å²) in [5.41, 5.74) is -2.96. The number of morpholine rings is 1. The summed E-state index contributed by atoms with van der Waals surface area (Å²) in [4.78, 5) is 13.5. The first kappa shape index (κ1) is 20.6. The van der Waals surface area contributed by atoms with E-state index < -0.39 is 24.0 Å². The maximum atomic E-state index is 14.2. The van der Waals surface area contributed by atoms with E-state index in [0.717, 1.165) is 4.90 Å². The summed E-state index contributed by atoms with van der Waals surface area (Å²) >= 11 is 0. The Balaban J connectivity index is 2.41. The lowest BCUT2D eigenvalue weighted by atomic mass is 10.0. The van der Waals surface area contributed by atoms with Gasteiger partial charge in [0.05, 0.1) is 19.8 Å². The third-order valence-electron chi connectivity index (χ3n) is 4.09. The van der Waals surface area contributed by atoms with E-state index in [0.29, 0.717) is 6.42 Å². The number of carbonyl (C=O) groups is 1. The number of nitrogens with one attached hydrogen (secondary N) is 1. The lowest BCUT2D eigenvalue weighted by Gasteiger charge is -2.45. The van der Waals surface area contributed by atoms with Gasteiger partial charge in [0, 0.05) is 13.1 Å². The summed E-state index contributed by atoms with van der Waals surface area (Å²) in [6.07, 6.45) is -6.36. The van der Waals surface area contributed by atoms with Crippen molar-refractivity contribution in [3.05, 3.63) is 35.9 Å². The molecule has 1 heterocycles. The second-order valence-corrected chi connectivity index (χ2v) is 5.90. The molecule has 6 nitrogen and oxygen atoms in total. The van der Waals surface area contributed by atoms with E-state index >= 15 is 0 Å².